The Morgan fingerprint density at radius 3 is 2.50 bits per heavy atom. The van der Waals surface area contributed by atoms with Crippen LogP contribution >= 0.6 is 11.3 Å². The lowest BCUT2D eigenvalue weighted by Crippen LogP contribution is -2.59. The second kappa shape index (κ2) is 9.13. The molecule has 194 valence electrons. The number of nitrogens with one attached hydrogen (secondary N) is 1. The summed E-state index contributed by atoms with van der Waals surface area (Å²) in [6.07, 6.45) is 1.27. The van der Waals surface area contributed by atoms with Crippen molar-refractivity contribution in [1.29, 1.82) is 0 Å². The molecule has 0 radical (unpaired) electrons. The van der Waals surface area contributed by atoms with Crippen molar-refractivity contribution < 1.29 is 32.0 Å². The molecule has 7 rings (SSSR count). The van der Waals surface area contributed by atoms with E-state index in [1.54, 1.807) is 0 Å². The van der Waals surface area contributed by atoms with E-state index in [1.165, 1.54) is 44.2 Å². The summed E-state index contributed by atoms with van der Waals surface area (Å²) in [6.45, 7) is 1.61. The van der Waals surface area contributed by atoms with Gasteiger partial charge in [0, 0.05) is 19.0 Å². The van der Waals surface area contributed by atoms with Gasteiger partial charge in [0.05, 0.1) is 29.0 Å². The van der Waals surface area contributed by atoms with Crippen LogP contribution in [0.1, 0.15) is 47.7 Å². The number of aromatic nitrogens is 2. The Balaban J connectivity index is 1.09. The van der Waals surface area contributed by atoms with Gasteiger partial charge in [-0.05, 0) is 67.9 Å². The summed E-state index contributed by atoms with van der Waals surface area (Å²) in [6, 6.07) is 2.74. The van der Waals surface area contributed by atoms with E-state index < -0.39 is 12.1 Å². The Labute approximate surface area is 209 Å². The maximum absolute atomic E-state index is 13.7. The minimum atomic E-state index is -4.73. The van der Waals surface area contributed by atoms with E-state index in [-0.39, 0.29) is 36.1 Å². The normalized spacial score (nSPS) is 31.6. The maximum atomic E-state index is 13.7. The molecule has 36 heavy (non-hydrogen) atoms. The first-order valence-corrected chi connectivity index (χ1v) is 13.3. The van der Waals surface area contributed by atoms with Crippen molar-refractivity contribution in [3.8, 4) is 10.7 Å². The second-order valence-electron chi connectivity index (χ2n) is 10.5. The van der Waals surface area contributed by atoms with Crippen LogP contribution in [-0.4, -0.2) is 59.2 Å². The van der Waals surface area contributed by atoms with Gasteiger partial charge in [0.2, 0.25) is 11.7 Å². The molecule has 1 aliphatic heterocycles. The number of hydrogen-bond donors (Lipinski definition) is 1. The Morgan fingerprint density at radius 2 is 1.83 bits per heavy atom. The topological polar surface area (TPSA) is 97.6 Å². The van der Waals surface area contributed by atoms with Gasteiger partial charge in [-0.1, -0.05) is 5.16 Å². The van der Waals surface area contributed by atoms with Crippen molar-refractivity contribution in [2.45, 2.75) is 44.3 Å². The molecule has 4 bridgehead atoms. The van der Waals surface area contributed by atoms with Crippen LogP contribution < -0.4 is 5.32 Å². The lowest BCUT2D eigenvalue weighted by molar-refractivity contribution is -0.159. The molecule has 0 aromatic carbocycles. The largest absolute Gasteiger partial charge is 0.471 e. The number of carbonyl (C=O) groups is 2. The lowest BCUT2D eigenvalue weighted by Gasteiger charge is -2.55. The lowest BCUT2D eigenvalue weighted by atomic mass is 9.51. The Bertz CT molecular complexity index is 1120. The number of morpholine rings is 1. The number of rotatable bonds is 5. The third kappa shape index (κ3) is 4.42. The predicted octanol–water partition coefficient (Wildman–Crippen LogP) is 3.85. The van der Waals surface area contributed by atoms with E-state index in [0.29, 0.717) is 41.3 Å². The monoisotopic (exact) mass is 524 g/mol. The second-order valence-corrected chi connectivity index (χ2v) is 11.6. The summed E-state index contributed by atoms with van der Waals surface area (Å²) in [5.74, 6) is 0.821. The van der Waals surface area contributed by atoms with E-state index in [4.69, 9.17) is 4.74 Å². The minimum absolute atomic E-state index is 0.0884. The standard InChI is InChI=1S/C24H27F3N4O4S/c25-24(26,27)23-29-20(30-35-23)17-1-2-18(36-17)21(32)28-10-16-11-34-4-3-31(16)22(33)19-14-6-12-5-13(8-14)9-15(19)7-12/h1-2,12-16,19H,3-11H2,(H,28,32). The van der Waals surface area contributed by atoms with E-state index in [2.05, 4.69) is 20.0 Å². The molecule has 1 N–H and O–H groups in total. The van der Waals surface area contributed by atoms with Gasteiger partial charge in [0.1, 0.15) is 0 Å². The van der Waals surface area contributed by atoms with E-state index >= 15 is 0 Å². The minimum Gasteiger partial charge on any atom is -0.377 e. The van der Waals surface area contributed by atoms with Gasteiger partial charge in [-0.3, -0.25) is 9.59 Å². The highest BCUT2D eigenvalue weighted by Gasteiger charge is 2.52. The number of thiophene rings is 1. The van der Waals surface area contributed by atoms with Crippen LogP contribution in [0, 0.1) is 29.6 Å². The van der Waals surface area contributed by atoms with Crippen LogP contribution in [0.25, 0.3) is 10.7 Å². The zero-order valence-corrected chi connectivity index (χ0v) is 20.3. The molecule has 1 saturated heterocycles. The number of hydrogen-bond acceptors (Lipinski definition) is 7. The van der Waals surface area contributed by atoms with Crippen LogP contribution in [0.3, 0.4) is 0 Å². The zero-order valence-electron chi connectivity index (χ0n) is 19.5. The molecule has 4 saturated carbocycles. The molecule has 2 aromatic rings. The van der Waals surface area contributed by atoms with Crippen molar-refractivity contribution in [2.24, 2.45) is 29.6 Å². The average Bonchev–Trinajstić information content (AvgIpc) is 3.52. The van der Waals surface area contributed by atoms with Crippen molar-refractivity contribution in [3.63, 3.8) is 0 Å². The molecule has 8 nitrogen and oxygen atoms in total. The SMILES string of the molecule is O=C(NCC1COCCN1C(=O)C1C2CC3CC(C2)CC1C3)c1ccc(-c2noc(C(F)(F)F)n2)s1. The highest BCUT2D eigenvalue weighted by molar-refractivity contribution is 7.17. The number of ether oxygens (including phenoxy) is 1. The van der Waals surface area contributed by atoms with Gasteiger partial charge < -0.3 is 19.5 Å². The first-order valence-electron chi connectivity index (χ1n) is 12.4. The smallest absolute Gasteiger partial charge is 0.377 e. The van der Waals surface area contributed by atoms with Gasteiger partial charge >= 0.3 is 12.1 Å². The fourth-order valence-electron chi connectivity index (χ4n) is 6.95. The predicted molar refractivity (Wildman–Crippen MR) is 122 cm³/mol. The third-order valence-corrected chi connectivity index (χ3v) is 9.32. The Hall–Kier alpha value is -2.47. The molecule has 5 fully saturated rings. The highest BCUT2D eigenvalue weighted by atomic mass is 32.1. The molecular weight excluding hydrogens is 497 g/mol. The zero-order chi connectivity index (χ0) is 25.0. The van der Waals surface area contributed by atoms with E-state index in [1.807, 2.05) is 4.90 Å². The first-order chi connectivity index (χ1) is 17.3. The summed E-state index contributed by atoms with van der Waals surface area (Å²) >= 11 is 0.974. The van der Waals surface area contributed by atoms with Crippen LogP contribution in [0.2, 0.25) is 0 Å². The maximum Gasteiger partial charge on any atom is 0.471 e. The summed E-state index contributed by atoms with van der Waals surface area (Å²) in [5.41, 5.74) is 0. The fourth-order valence-corrected chi connectivity index (χ4v) is 7.80. The van der Waals surface area contributed by atoms with Crippen LogP contribution in [0.5, 0.6) is 0 Å². The van der Waals surface area contributed by atoms with Crippen molar-refractivity contribution in [3.05, 3.63) is 22.9 Å². The van der Waals surface area contributed by atoms with Crippen molar-refractivity contribution in [1.82, 2.24) is 20.4 Å². The molecule has 5 aliphatic rings. The van der Waals surface area contributed by atoms with Gasteiger partial charge in [0.15, 0.2) is 0 Å². The van der Waals surface area contributed by atoms with Crippen LogP contribution in [-0.2, 0) is 15.7 Å². The molecule has 1 unspecified atom stereocenters. The number of amides is 2. The van der Waals surface area contributed by atoms with Crippen molar-refractivity contribution in [2.75, 3.05) is 26.3 Å². The molecule has 1 atom stereocenters. The molecule has 3 heterocycles. The van der Waals surface area contributed by atoms with Crippen molar-refractivity contribution >= 4 is 23.2 Å². The van der Waals surface area contributed by atoms with Crippen LogP contribution in [0.4, 0.5) is 13.2 Å². The van der Waals surface area contributed by atoms with Gasteiger partial charge in [0.25, 0.3) is 5.91 Å². The molecule has 2 aromatic heterocycles. The molecule has 12 heteroatoms. The molecule has 4 aliphatic carbocycles. The van der Waals surface area contributed by atoms with Gasteiger partial charge in [-0.25, -0.2) is 0 Å². The number of halogens is 3. The number of nitrogens with zero attached hydrogens (tertiary/aromatic N) is 3. The van der Waals surface area contributed by atoms with Gasteiger partial charge in [-0.15, -0.1) is 11.3 Å². The summed E-state index contributed by atoms with van der Waals surface area (Å²) in [5, 5.41) is 6.23. The van der Waals surface area contributed by atoms with Crippen LogP contribution in [0.15, 0.2) is 16.7 Å². The molecule has 2 amide bonds. The summed E-state index contributed by atoms with van der Waals surface area (Å²) in [4.78, 5) is 32.4. The summed E-state index contributed by atoms with van der Waals surface area (Å²) in [7, 11) is 0. The Morgan fingerprint density at radius 1 is 1.11 bits per heavy atom. The molecule has 0 spiro atoms. The summed E-state index contributed by atoms with van der Waals surface area (Å²) < 4.78 is 48.1. The molecular formula is C24H27F3N4O4S. The highest BCUT2D eigenvalue weighted by Crippen LogP contribution is 2.57. The van der Waals surface area contributed by atoms with E-state index in [9.17, 15) is 22.8 Å². The van der Waals surface area contributed by atoms with Gasteiger partial charge in [-0.2, -0.15) is 18.2 Å². The first kappa shape index (κ1) is 23.9. The third-order valence-electron chi connectivity index (χ3n) is 8.24. The average molecular weight is 525 g/mol. The van der Waals surface area contributed by atoms with E-state index in [0.717, 1.165) is 23.2 Å². The number of alkyl halides is 3. The quantitative estimate of drug-likeness (QED) is 0.638. The fraction of sp³-hybridized carbons (Fsp3) is 0.667. The Kier molecular flexibility index (Phi) is 6.06. The number of carbonyl (C=O) groups excluding carboxylic acids is 2.